The lowest BCUT2D eigenvalue weighted by atomic mass is 9.49. The summed E-state index contributed by atoms with van der Waals surface area (Å²) in [6.45, 7) is 11.0. The Bertz CT molecular complexity index is 860. The summed E-state index contributed by atoms with van der Waals surface area (Å²) < 4.78 is 32.4. The Labute approximate surface area is 158 Å². The van der Waals surface area contributed by atoms with Crippen molar-refractivity contribution in [3.8, 4) is 5.75 Å². The van der Waals surface area contributed by atoms with Gasteiger partial charge in [0.15, 0.2) is 0 Å². The van der Waals surface area contributed by atoms with E-state index in [0.717, 1.165) is 12.0 Å². The molecule has 1 N–H and O–H groups in total. The van der Waals surface area contributed by atoms with Gasteiger partial charge < -0.3 is 4.18 Å². The van der Waals surface area contributed by atoms with Gasteiger partial charge in [-0.15, -0.1) is 0 Å². The minimum atomic E-state index is -3.76. The number of benzene rings is 1. The van der Waals surface area contributed by atoms with Crippen molar-refractivity contribution in [2.24, 2.45) is 11.3 Å². The van der Waals surface area contributed by atoms with Crippen LogP contribution in [0.4, 0.5) is 0 Å². The summed E-state index contributed by atoms with van der Waals surface area (Å²) in [5.41, 5.74) is 3.47. The van der Waals surface area contributed by atoms with Crippen molar-refractivity contribution in [3.63, 3.8) is 0 Å². The first kappa shape index (κ1) is 18.3. The van der Waals surface area contributed by atoms with Crippen LogP contribution in [0.2, 0.25) is 0 Å². The second kappa shape index (κ2) is 5.48. The van der Waals surface area contributed by atoms with Crippen molar-refractivity contribution in [1.29, 1.82) is 0 Å². The van der Waals surface area contributed by atoms with E-state index in [0.29, 0.717) is 17.1 Å². The van der Waals surface area contributed by atoms with Gasteiger partial charge in [-0.05, 0) is 79.5 Å². The summed E-state index contributed by atoms with van der Waals surface area (Å²) in [6.07, 6.45) is 7.20. The van der Waals surface area contributed by atoms with Crippen LogP contribution in [0.25, 0.3) is 0 Å². The first-order chi connectivity index (χ1) is 12.0. The molecule has 26 heavy (non-hydrogen) atoms. The molecule has 1 aliphatic heterocycles. The molecular formula is C21H31NO3S. The average molecular weight is 378 g/mol. The number of rotatable bonds is 1. The van der Waals surface area contributed by atoms with E-state index in [1.807, 2.05) is 13.8 Å². The van der Waals surface area contributed by atoms with Crippen LogP contribution in [0.5, 0.6) is 5.75 Å². The molecule has 1 heterocycles. The van der Waals surface area contributed by atoms with Gasteiger partial charge in [0.05, 0.1) is 5.54 Å². The van der Waals surface area contributed by atoms with Gasteiger partial charge in [0.25, 0.3) is 0 Å². The predicted octanol–water partition coefficient (Wildman–Crippen LogP) is 4.57. The Morgan fingerprint density at radius 3 is 2.58 bits per heavy atom. The molecule has 0 aromatic heterocycles. The number of aryl methyl sites for hydroxylation is 1. The van der Waals surface area contributed by atoms with Crippen LogP contribution >= 0.6 is 0 Å². The van der Waals surface area contributed by atoms with Crippen molar-refractivity contribution < 1.29 is 12.6 Å². The highest BCUT2D eigenvalue weighted by Crippen LogP contribution is 2.59. The normalized spacial score (nSPS) is 37.0. The second-order valence-electron chi connectivity index (χ2n) is 9.64. The standard InChI is InChI=1S/C21H31NO3S/c1-6-20(4)10-7-11-21(5)15-13-17-16(12-14(15)8-9-18(20)21)19(2,3)22-26(23,24)25-17/h12-13,18,22H,6-11H2,1-5H3/t18-,20+,21+/m0/s1. The van der Waals surface area contributed by atoms with E-state index >= 15 is 0 Å². The van der Waals surface area contributed by atoms with Gasteiger partial charge in [-0.25, -0.2) is 0 Å². The van der Waals surface area contributed by atoms with Crippen LogP contribution in [-0.2, 0) is 27.7 Å². The Balaban J connectivity index is 1.88. The summed E-state index contributed by atoms with van der Waals surface area (Å²) in [4.78, 5) is 0. The lowest BCUT2D eigenvalue weighted by molar-refractivity contribution is 0.0225. The molecule has 0 spiro atoms. The molecule has 5 heteroatoms. The van der Waals surface area contributed by atoms with E-state index in [2.05, 4.69) is 37.6 Å². The molecule has 1 aromatic rings. The first-order valence-corrected chi connectivity index (χ1v) is 11.3. The molecule has 0 saturated heterocycles. The third-order valence-corrected chi connectivity index (χ3v) is 8.80. The molecule has 0 radical (unpaired) electrons. The van der Waals surface area contributed by atoms with E-state index in [-0.39, 0.29) is 5.41 Å². The molecule has 4 nitrogen and oxygen atoms in total. The van der Waals surface area contributed by atoms with Crippen molar-refractivity contribution in [2.45, 2.75) is 84.1 Å². The highest BCUT2D eigenvalue weighted by Gasteiger charge is 2.51. The molecule has 3 atom stereocenters. The lowest BCUT2D eigenvalue weighted by Crippen LogP contribution is -2.50. The Morgan fingerprint density at radius 2 is 1.88 bits per heavy atom. The second-order valence-corrected chi connectivity index (χ2v) is 10.9. The zero-order chi connectivity index (χ0) is 19.0. The lowest BCUT2D eigenvalue weighted by Gasteiger charge is -2.55. The smallest absolute Gasteiger partial charge is 0.371 e. The van der Waals surface area contributed by atoms with Crippen LogP contribution < -0.4 is 8.91 Å². The summed E-state index contributed by atoms with van der Waals surface area (Å²) in [5.74, 6) is 1.16. The van der Waals surface area contributed by atoms with Crippen LogP contribution in [0, 0.1) is 11.3 Å². The minimum absolute atomic E-state index is 0.105. The van der Waals surface area contributed by atoms with Gasteiger partial charge in [0, 0.05) is 5.56 Å². The molecule has 2 aliphatic carbocycles. The summed E-state index contributed by atoms with van der Waals surface area (Å²) in [6, 6.07) is 4.25. The maximum Gasteiger partial charge on any atom is 0.383 e. The molecule has 3 aliphatic rings. The Hall–Kier alpha value is -1.07. The average Bonchev–Trinajstić information content (AvgIpc) is 2.52. The third kappa shape index (κ3) is 2.54. The summed E-state index contributed by atoms with van der Waals surface area (Å²) in [7, 11) is -3.76. The fourth-order valence-electron chi connectivity index (χ4n) is 6.12. The number of hydrogen-bond acceptors (Lipinski definition) is 3. The van der Waals surface area contributed by atoms with Crippen molar-refractivity contribution >= 4 is 10.3 Å². The van der Waals surface area contributed by atoms with Crippen LogP contribution in [0.3, 0.4) is 0 Å². The summed E-state index contributed by atoms with van der Waals surface area (Å²) >= 11 is 0. The molecule has 1 aromatic carbocycles. The molecule has 0 unspecified atom stereocenters. The minimum Gasteiger partial charge on any atom is -0.371 e. The fourth-order valence-corrected chi connectivity index (χ4v) is 7.27. The highest BCUT2D eigenvalue weighted by molar-refractivity contribution is 7.85. The van der Waals surface area contributed by atoms with Gasteiger partial charge in [-0.1, -0.05) is 33.6 Å². The van der Waals surface area contributed by atoms with E-state index in [1.165, 1.54) is 43.2 Å². The van der Waals surface area contributed by atoms with E-state index < -0.39 is 15.8 Å². The molecule has 0 bridgehead atoms. The van der Waals surface area contributed by atoms with Gasteiger partial charge >= 0.3 is 10.3 Å². The van der Waals surface area contributed by atoms with E-state index in [4.69, 9.17) is 4.18 Å². The molecule has 144 valence electrons. The molecule has 1 fully saturated rings. The van der Waals surface area contributed by atoms with Crippen LogP contribution in [-0.4, -0.2) is 8.42 Å². The topological polar surface area (TPSA) is 55.4 Å². The molecular weight excluding hydrogens is 346 g/mol. The molecule has 4 rings (SSSR count). The van der Waals surface area contributed by atoms with E-state index in [9.17, 15) is 8.42 Å². The fraction of sp³-hybridized carbons (Fsp3) is 0.714. The van der Waals surface area contributed by atoms with Crippen molar-refractivity contribution in [3.05, 3.63) is 28.8 Å². The zero-order valence-electron chi connectivity index (χ0n) is 16.6. The van der Waals surface area contributed by atoms with Gasteiger partial charge in [-0.2, -0.15) is 13.1 Å². The molecule has 1 saturated carbocycles. The van der Waals surface area contributed by atoms with Crippen molar-refractivity contribution in [2.75, 3.05) is 0 Å². The maximum absolute atomic E-state index is 12.2. The molecule has 0 amide bonds. The first-order valence-electron chi connectivity index (χ1n) is 9.92. The highest BCUT2D eigenvalue weighted by atomic mass is 32.2. The van der Waals surface area contributed by atoms with Gasteiger partial charge in [-0.3, -0.25) is 0 Å². The monoisotopic (exact) mass is 377 g/mol. The summed E-state index contributed by atoms with van der Waals surface area (Å²) in [5, 5.41) is 0. The van der Waals surface area contributed by atoms with Crippen LogP contribution in [0.15, 0.2) is 12.1 Å². The van der Waals surface area contributed by atoms with Crippen LogP contribution in [0.1, 0.15) is 83.4 Å². The Kier molecular flexibility index (Phi) is 3.86. The third-order valence-electron chi connectivity index (χ3n) is 7.64. The van der Waals surface area contributed by atoms with E-state index in [1.54, 1.807) is 0 Å². The van der Waals surface area contributed by atoms with Gasteiger partial charge in [0.1, 0.15) is 5.75 Å². The number of nitrogens with one attached hydrogen (secondary N) is 1. The van der Waals surface area contributed by atoms with Crippen molar-refractivity contribution in [1.82, 2.24) is 4.72 Å². The zero-order valence-corrected chi connectivity index (χ0v) is 17.4. The number of fused-ring (bicyclic) bond motifs is 4. The Morgan fingerprint density at radius 1 is 1.15 bits per heavy atom. The largest absolute Gasteiger partial charge is 0.383 e. The van der Waals surface area contributed by atoms with Gasteiger partial charge in [0.2, 0.25) is 0 Å². The maximum atomic E-state index is 12.2. The quantitative estimate of drug-likeness (QED) is 0.780. The predicted molar refractivity (Wildman–Crippen MR) is 104 cm³/mol. The number of hydrogen-bond donors (Lipinski definition) is 1. The SMILES string of the molecule is CC[C@]1(C)CCC[C@]2(C)c3cc4c(cc3CC[C@@H]12)C(C)(C)NS(=O)(=O)O4.